The zero-order valence-corrected chi connectivity index (χ0v) is 15.7. The molecule has 0 fully saturated rings. The number of nitrogens with one attached hydrogen (secondary N) is 1. The number of aromatic hydroxyl groups is 1. The second-order valence-corrected chi connectivity index (χ2v) is 8.81. The van der Waals surface area contributed by atoms with Gasteiger partial charge in [-0.25, -0.2) is 4.98 Å². The van der Waals surface area contributed by atoms with E-state index in [1.807, 2.05) is 34.2 Å². The summed E-state index contributed by atoms with van der Waals surface area (Å²) < 4.78 is 1.98. The average Bonchev–Trinajstić information content (AvgIpc) is 3.19. The maximum atomic E-state index is 12.6. The Morgan fingerprint density at radius 2 is 2.08 bits per heavy atom. The van der Waals surface area contributed by atoms with Crippen LogP contribution < -0.4 is 5.32 Å². The highest BCUT2D eigenvalue weighted by Gasteiger charge is 2.19. The molecule has 3 aromatic heterocycles. The summed E-state index contributed by atoms with van der Waals surface area (Å²) in [4.78, 5) is 19.5. The molecule has 7 heteroatoms. The van der Waals surface area contributed by atoms with E-state index in [4.69, 9.17) is 0 Å². The second-order valence-electron chi connectivity index (χ2n) is 6.90. The number of amides is 1. The van der Waals surface area contributed by atoms with Gasteiger partial charge in [0, 0.05) is 11.6 Å². The maximum Gasteiger partial charge on any atom is 0.265 e. The largest absolute Gasteiger partial charge is 0.506 e. The molecule has 25 heavy (non-hydrogen) atoms. The van der Waals surface area contributed by atoms with Gasteiger partial charge in [-0.15, -0.1) is 22.7 Å². The molecule has 0 saturated heterocycles. The highest BCUT2D eigenvalue weighted by molar-refractivity contribution is 7.21. The quantitative estimate of drug-likeness (QED) is 0.494. The van der Waals surface area contributed by atoms with Crippen LogP contribution in [0.4, 0.5) is 5.69 Å². The van der Waals surface area contributed by atoms with Gasteiger partial charge in [-0.1, -0.05) is 26.8 Å². The number of thiazole rings is 1. The molecule has 4 rings (SSSR count). The number of thiophene rings is 1. The number of hydrogen-bond acceptors (Lipinski definition) is 5. The van der Waals surface area contributed by atoms with Gasteiger partial charge in [0.15, 0.2) is 4.96 Å². The molecule has 0 bridgehead atoms. The van der Waals surface area contributed by atoms with Crippen molar-refractivity contribution in [2.75, 3.05) is 5.32 Å². The van der Waals surface area contributed by atoms with Gasteiger partial charge in [0.25, 0.3) is 5.91 Å². The Morgan fingerprint density at radius 3 is 2.84 bits per heavy atom. The van der Waals surface area contributed by atoms with Crippen molar-refractivity contribution < 1.29 is 9.90 Å². The Morgan fingerprint density at radius 1 is 1.28 bits per heavy atom. The Kier molecular flexibility index (Phi) is 3.59. The summed E-state index contributed by atoms with van der Waals surface area (Å²) >= 11 is 2.92. The van der Waals surface area contributed by atoms with Crippen LogP contribution in [-0.4, -0.2) is 20.4 Å². The van der Waals surface area contributed by atoms with Gasteiger partial charge in [0.05, 0.1) is 16.1 Å². The first kappa shape index (κ1) is 16.1. The average molecular weight is 371 g/mol. The van der Waals surface area contributed by atoms with E-state index in [9.17, 15) is 9.90 Å². The molecule has 3 heterocycles. The van der Waals surface area contributed by atoms with Crippen LogP contribution >= 0.6 is 22.7 Å². The molecular formula is C18H17N3O2S2. The van der Waals surface area contributed by atoms with E-state index in [0.717, 1.165) is 20.9 Å². The molecule has 0 aliphatic heterocycles. The minimum atomic E-state index is -0.242. The summed E-state index contributed by atoms with van der Waals surface area (Å²) in [6, 6.07) is 7.16. The number of fused-ring (bicyclic) bond motifs is 3. The van der Waals surface area contributed by atoms with E-state index in [1.54, 1.807) is 17.4 Å². The van der Waals surface area contributed by atoms with Crippen LogP contribution in [0.3, 0.4) is 0 Å². The Balaban J connectivity index is 1.66. The van der Waals surface area contributed by atoms with Crippen LogP contribution in [0.2, 0.25) is 0 Å². The number of benzene rings is 1. The predicted molar refractivity (Wildman–Crippen MR) is 103 cm³/mol. The summed E-state index contributed by atoms with van der Waals surface area (Å²) in [6.07, 6.45) is 1.95. The third-order valence-corrected chi connectivity index (χ3v) is 5.85. The molecule has 4 aromatic rings. The van der Waals surface area contributed by atoms with Crippen LogP contribution in [0.25, 0.3) is 15.3 Å². The van der Waals surface area contributed by atoms with E-state index in [1.165, 1.54) is 11.3 Å². The Bertz CT molecular complexity index is 1100. The molecule has 0 aliphatic rings. The van der Waals surface area contributed by atoms with Crippen molar-refractivity contribution in [1.82, 2.24) is 9.38 Å². The number of phenols is 1. The van der Waals surface area contributed by atoms with Crippen LogP contribution in [0.1, 0.15) is 36.0 Å². The molecule has 0 unspecified atom stereocenters. The molecule has 2 N–H and O–H groups in total. The SMILES string of the molecule is CC(C)(C)c1ccc(O)c(NC(=O)c2cc3c(nc4sccn43)s2)c1. The van der Waals surface area contributed by atoms with Crippen LogP contribution in [0, 0.1) is 0 Å². The van der Waals surface area contributed by atoms with Crippen molar-refractivity contribution in [2.24, 2.45) is 0 Å². The smallest absolute Gasteiger partial charge is 0.265 e. The van der Waals surface area contributed by atoms with Crippen molar-refractivity contribution in [3.63, 3.8) is 0 Å². The highest BCUT2D eigenvalue weighted by Crippen LogP contribution is 2.32. The number of carbonyl (C=O) groups is 1. The third-order valence-electron chi connectivity index (χ3n) is 4.07. The number of carbonyl (C=O) groups excluding carboxylic acids is 1. The van der Waals surface area contributed by atoms with Crippen LogP contribution in [0.15, 0.2) is 35.8 Å². The summed E-state index contributed by atoms with van der Waals surface area (Å²) in [7, 11) is 0. The van der Waals surface area contributed by atoms with Crippen molar-refractivity contribution >= 4 is 49.6 Å². The van der Waals surface area contributed by atoms with E-state index in [0.29, 0.717) is 10.6 Å². The molecule has 1 aromatic carbocycles. The molecule has 0 radical (unpaired) electrons. The predicted octanol–water partition coefficient (Wildman–Crippen LogP) is 4.87. The normalized spacial score (nSPS) is 12.1. The molecule has 128 valence electrons. The van der Waals surface area contributed by atoms with Crippen molar-refractivity contribution in [3.05, 3.63) is 46.3 Å². The van der Waals surface area contributed by atoms with Gasteiger partial charge in [-0.3, -0.25) is 9.20 Å². The van der Waals surface area contributed by atoms with Crippen molar-refractivity contribution in [1.29, 1.82) is 0 Å². The van der Waals surface area contributed by atoms with E-state index in [-0.39, 0.29) is 17.1 Å². The summed E-state index contributed by atoms with van der Waals surface area (Å²) in [5, 5.41) is 14.9. The Labute approximate surface area is 152 Å². The number of nitrogens with zero attached hydrogens (tertiary/aromatic N) is 2. The third kappa shape index (κ3) is 2.79. The zero-order valence-electron chi connectivity index (χ0n) is 14.0. The minimum Gasteiger partial charge on any atom is -0.506 e. The first-order chi connectivity index (χ1) is 11.8. The molecular weight excluding hydrogens is 354 g/mol. The lowest BCUT2D eigenvalue weighted by Crippen LogP contribution is -2.14. The molecule has 0 atom stereocenters. The topological polar surface area (TPSA) is 66.6 Å². The fraction of sp³-hybridized carbons (Fsp3) is 0.222. The first-order valence-electron chi connectivity index (χ1n) is 7.83. The van der Waals surface area contributed by atoms with E-state index < -0.39 is 0 Å². The minimum absolute atomic E-state index is 0.0598. The van der Waals surface area contributed by atoms with Crippen LogP contribution in [0.5, 0.6) is 5.75 Å². The van der Waals surface area contributed by atoms with Crippen molar-refractivity contribution in [3.8, 4) is 5.75 Å². The molecule has 0 spiro atoms. The number of imidazole rings is 1. The van der Waals surface area contributed by atoms with Crippen LogP contribution in [-0.2, 0) is 5.41 Å². The number of phenolic OH excluding ortho intramolecular Hbond substituents is 1. The lowest BCUT2D eigenvalue weighted by atomic mass is 9.87. The fourth-order valence-electron chi connectivity index (χ4n) is 2.65. The van der Waals surface area contributed by atoms with Gasteiger partial charge in [-0.05, 0) is 29.2 Å². The standard InChI is InChI=1S/C18H17N3O2S2/c1-18(2,3)10-4-5-13(22)11(8-10)19-15(23)14-9-12-16(25-14)20-17-21(12)6-7-24-17/h4-9,22H,1-3H3,(H,19,23). The van der Waals surface area contributed by atoms with Crippen molar-refractivity contribution in [2.45, 2.75) is 26.2 Å². The zero-order chi connectivity index (χ0) is 17.8. The van der Waals surface area contributed by atoms with E-state index >= 15 is 0 Å². The number of rotatable bonds is 2. The number of hydrogen-bond donors (Lipinski definition) is 2. The van der Waals surface area contributed by atoms with Gasteiger partial charge in [0.2, 0.25) is 0 Å². The molecule has 5 nitrogen and oxygen atoms in total. The monoisotopic (exact) mass is 371 g/mol. The summed E-state index contributed by atoms with van der Waals surface area (Å²) in [5.41, 5.74) is 2.33. The van der Waals surface area contributed by atoms with Gasteiger partial charge >= 0.3 is 0 Å². The number of aromatic nitrogens is 2. The number of anilines is 1. The highest BCUT2D eigenvalue weighted by atomic mass is 32.1. The van der Waals surface area contributed by atoms with Gasteiger partial charge in [0.1, 0.15) is 10.6 Å². The van der Waals surface area contributed by atoms with E-state index in [2.05, 4.69) is 31.1 Å². The second kappa shape index (κ2) is 5.57. The first-order valence-corrected chi connectivity index (χ1v) is 9.52. The molecule has 1 amide bonds. The molecule has 0 saturated carbocycles. The maximum absolute atomic E-state index is 12.6. The lowest BCUT2D eigenvalue weighted by Gasteiger charge is -2.20. The van der Waals surface area contributed by atoms with Gasteiger partial charge < -0.3 is 10.4 Å². The Hall–Kier alpha value is -2.38. The fourth-order valence-corrected chi connectivity index (χ4v) is 4.34. The summed E-state index contributed by atoms with van der Waals surface area (Å²) in [6.45, 7) is 6.27. The molecule has 0 aliphatic carbocycles. The lowest BCUT2D eigenvalue weighted by molar-refractivity contribution is 0.103. The summed E-state index contributed by atoms with van der Waals surface area (Å²) in [5.74, 6) is -0.182. The van der Waals surface area contributed by atoms with Gasteiger partial charge in [-0.2, -0.15) is 0 Å².